The molecule has 2 aliphatic rings. The third-order valence-electron chi connectivity index (χ3n) is 10.9. The van der Waals surface area contributed by atoms with Crippen molar-refractivity contribution in [2.24, 2.45) is 11.8 Å². The van der Waals surface area contributed by atoms with Gasteiger partial charge in [-0.2, -0.15) is 18.4 Å². The number of carboxylic acids is 1. The van der Waals surface area contributed by atoms with Crippen LogP contribution in [-0.2, 0) is 30.3 Å². The van der Waals surface area contributed by atoms with E-state index < -0.39 is 35.5 Å². The van der Waals surface area contributed by atoms with Gasteiger partial charge in [0, 0.05) is 61.9 Å². The number of amides is 5. The molecule has 2 heterocycles. The lowest BCUT2D eigenvalue weighted by molar-refractivity contribution is -0.192. The highest BCUT2D eigenvalue weighted by Gasteiger charge is 2.38. The van der Waals surface area contributed by atoms with Gasteiger partial charge in [0.05, 0.1) is 0 Å². The number of aromatic amines is 1. The summed E-state index contributed by atoms with van der Waals surface area (Å²) in [5, 5.41) is 30.0. The number of nitrogens with zero attached hydrogens (tertiary/aromatic N) is 5. The van der Waals surface area contributed by atoms with Crippen molar-refractivity contribution < 1.29 is 56.5 Å². The predicted molar refractivity (Wildman–Crippen MR) is 243 cm³/mol. The molecular weight excluding hydrogens is 892 g/mol. The number of tetrazole rings is 1. The van der Waals surface area contributed by atoms with Crippen LogP contribution in [0.5, 0.6) is 0 Å². The molecule has 1 saturated heterocycles. The molecule has 0 unspecified atom stereocenters. The number of halogens is 3. The third kappa shape index (κ3) is 16.1. The van der Waals surface area contributed by atoms with Crippen LogP contribution in [0.25, 0.3) is 22.5 Å². The van der Waals surface area contributed by atoms with Crippen LogP contribution in [-0.4, -0.2) is 128 Å². The number of aliphatic carboxylic acids is 1. The van der Waals surface area contributed by atoms with E-state index in [-0.39, 0.29) is 42.1 Å². The van der Waals surface area contributed by atoms with Crippen molar-refractivity contribution in [2.75, 3.05) is 38.0 Å². The van der Waals surface area contributed by atoms with E-state index in [4.69, 9.17) is 19.4 Å². The molecule has 4 aromatic rings. The number of H-pyrrole nitrogens is 1. The number of alkyl carbamates (subject to hydrolysis) is 1. The number of alkyl halides is 3. The fourth-order valence-corrected chi connectivity index (χ4v) is 7.36. The summed E-state index contributed by atoms with van der Waals surface area (Å²) in [4.78, 5) is 77.8. The third-order valence-corrected chi connectivity index (χ3v) is 10.9. The minimum absolute atomic E-state index is 0.0942. The van der Waals surface area contributed by atoms with Crippen LogP contribution in [0.2, 0.25) is 0 Å². The minimum Gasteiger partial charge on any atom is -0.475 e. The van der Waals surface area contributed by atoms with Crippen molar-refractivity contribution in [2.45, 2.75) is 97.1 Å². The molecule has 1 saturated carbocycles. The van der Waals surface area contributed by atoms with E-state index in [1.54, 1.807) is 34.1 Å². The molecule has 0 bridgehead atoms. The summed E-state index contributed by atoms with van der Waals surface area (Å²) >= 11 is 0. The van der Waals surface area contributed by atoms with Crippen molar-refractivity contribution in [3.05, 3.63) is 83.9 Å². The molecular formula is C47H58F3N9O9. The number of ether oxygens (including phenoxy) is 2. The molecule has 5 amide bonds. The van der Waals surface area contributed by atoms with Crippen LogP contribution in [0.3, 0.4) is 0 Å². The highest BCUT2D eigenvalue weighted by atomic mass is 19.4. The molecule has 5 N–H and O–H groups in total. The van der Waals surface area contributed by atoms with E-state index >= 15 is 0 Å². The van der Waals surface area contributed by atoms with Gasteiger partial charge in [-0.3, -0.25) is 14.4 Å². The molecule has 3 aromatic carbocycles. The first-order chi connectivity index (χ1) is 31.9. The van der Waals surface area contributed by atoms with Crippen LogP contribution in [0.4, 0.5) is 28.4 Å². The van der Waals surface area contributed by atoms with Crippen molar-refractivity contribution in [3.63, 3.8) is 0 Å². The van der Waals surface area contributed by atoms with Crippen LogP contribution in [0, 0.1) is 11.8 Å². The molecule has 1 aliphatic carbocycles. The topological polar surface area (TPSA) is 238 Å². The van der Waals surface area contributed by atoms with Crippen molar-refractivity contribution in [3.8, 4) is 22.5 Å². The van der Waals surface area contributed by atoms with Gasteiger partial charge in [0.2, 0.25) is 17.6 Å². The Morgan fingerprint density at radius 2 is 1.28 bits per heavy atom. The van der Waals surface area contributed by atoms with Gasteiger partial charge in [0.25, 0.3) is 5.91 Å². The Balaban J connectivity index is 0.00000114. The summed E-state index contributed by atoms with van der Waals surface area (Å²) < 4.78 is 42.6. The summed E-state index contributed by atoms with van der Waals surface area (Å²) in [5.41, 5.74) is 3.38. The maximum atomic E-state index is 13.9. The Morgan fingerprint density at radius 1 is 0.750 bits per heavy atom. The highest BCUT2D eigenvalue weighted by Crippen LogP contribution is 2.29. The first kappa shape index (κ1) is 51.9. The molecule has 366 valence electrons. The lowest BCUT2D eigenvalue weighted by atomic mass is 9.81. The maximum Gasteiger partial charge on any atom is 0.490 e. The molecule has 2 fully saturated rings. The average molecular weight is 950 g/mol. The number of hydrogen-bond acceptors (Lipinski definition) is 11. The standard InChI is InChI=1S/C45H57N9O7.C2HF3O2/c1-44(2,3)60-42(58)46-28-30-9-13-34(14-10-30)39(55)48-37(40(56)47-36-21-19-33(20-22-36)38-49-51-52-50-38)27-29-7-11-31(12-8-29)32-15-17-35(18-16-32)41(57)53-23-25-54(26-24-53)43(59)61-45(4,5)6;3-2(4,5)1(6)7/h7-8,11-12,15-22,30,34,37H,9-10,13-14,23-28H2,1-6H3,(H,46,58)(H,47,56)(H,48,55)(H,49,50,51,52);(H,6,7)/t30-,34-,37-;/m0./s1. The van der Waals surface area contributed by atoms with E-state index in [1.165, 1.54) is 0 Å². The lowest BCUT2D eigenvalue weighted by Crippen LogP contribution is -2.51. The zero-order valence-corrected chi connectivity index (χ0v) is 38.8. The molecule has 21 heteroatoms. The van der Waals surface area contributed by atoms with E-state index in [1.807, 2.05) is 90.1 Å². The van der Waals surface area contributed by atoms with Crippen LogP contribution in [0.15, 0.2) is 72.8 Å². The SMILES string of the molecule is CC(C)(C)OC(=O)NC[C@H]1CC[C@H](C(=O)N[C@@H](Cc2ccc(-c3ccc(C(=O)N4CCN(C(=O)OC(C)(C)C)CC4)cc3)cc2)C(=O)Nc2ccc(-c3nn[nH]n3)cc2)CC1.O=C(O)C(F)(F)F. The number of benzene rings is 3. The summed E-state index contributed by atoms with van der Waals surface area (Å²) in [5.74, 6) is -2.99. The van der Waals surface area contributed by atoms with Crippen LogP contribution < -0.4 is 16.0 Å². The minimum atomic E-state index is -5.08. The van der Waals surface area contributed by atoms with Crippen molar-refractivity contribution >= 4 is 41.6 Å². The van der Waals surface area contributed by atoms with Gasteiger partial charge in [-0.25, -0.2) is 14.4 Å². The average Bonchev–Trinajstić information content (AvgIpc) is 3.83. The molecule has 1 aromatic heterocycles. The predicted octanol–water partition coefficient (Wildman–Crippen LogP) is 6.86. The Hall–Kier alpha value is -7.06. The normalized spacial score (nSPS) is 16.8. The smallest absolute Gasteiger partial charge is 0.475 e. The molecule has 1 aliphatic heterocycles. The number of piperazine rings is 1. The number of nitrogens with one attached hydrogen (secondary N) is 4. The van der Waals surface area contributed by atoms with Gasteiger partial charge in [-0.05, 0) is 131 Å². The number of carboxylic acid groups (broad SMARTS) is 1. The molecule has 0 radical (unpaired) electrons. The highest BCUT2D eigenvalue weighted by molar-refractivity contribution is 5.98. The molecule has 6 rings (SSSR count). The molecule has 0 spiro atoms. The number of carbonyl (C=O) groups excluding carboxylic acids is 5. The van der Waals surface area contributed by atoms with E-state index in [0.717, 1.165) is 35.1 Å². The van der Waals surface area contributed by atoms with E-state index in [9.17, 15) is 37.1 Å². The van der Waals surface area contributed by atoms with Crippen molar-refractivity contribution in [1.82, 2.24) is 41.1 Å². The summed E-state index contributed by atoms with van der Waals surface area (Å²) in [6.07, 6.45) is -2.84. The summed E-state index contributed by atoms with van der Waals surface area (Å²) in [7, 11) is 0. The molecule has 18 nitrogen and oxygen atoms in total. The zero-order valence-electron chi connectivity index (χ0n) is 38.8. The first-order valence-electron chi connectivity index (χ1n) is 22.1. The summed E-state index contributed by atoms with van der Waals surface area (Å²) in [6.45, 7) is 13.1. The number of rotatable bonds is 11. The van der Waals surface area contributed by atoms with Gasteiger partial charge in [0.1, 0.15) is 17.2 Å². The summed E-state index contributed by atoms with van der Waals surface area (Å²) in [6, 6.07) is 21.4. The number of aromatic nitrogens is 4. The Bertz CT molecular complexity index is 2330. The number of carbonyl (C=O) groups is 6. The zero-order chi connectivity index (χ0) is 49.8. The van der Waals surface area contributed by atoms with E-state index in [2.05, 4.69) is 36.6 Å². The van der Waals surface area contributed by atoms with Gasteiger partial charge in [-0.1, -0.05) is 36.4 Å². The van der Waals surface area contributed by atoms with Crippen LogP contribution >= 0.6 is 0 Å². The number of hydrogen-bond donors (Lipinski definition) is 5. The quantitative estimate of drug-likeness (QED) is 0.104. The van der Waals surface area contributed by atoms with Gasteiger partial charge in [-0.15, -0.1) is 10.2 Å². The second kappa shape index (κ2) is 22.6. The van der Waals surface area contributed by atoms with E-state index in [0.29, 0.717) is 62.6 Å². The fourth-order valence-electron chi connectivity index (χ4n) is 7.36. The maximum absolute atomic E-state index is 13.9. The molecule has 68 heavy (non-hydrogen) atoms. The largest absolute Gasteiger partial charge is 0.490 e. The second-order valence-electron chi connectivity index (χ2n) is 18.5. The van der Waals surface area contributed by atoms with Crippen LogP contribution in [0.1, 0.15) is 83.1 Å². The van der Waals surface area contributed by atoms with Gasteiger partial charge >= 0.3 is 24.3 Å². The monoisotopic (exact) mass is 949 g/mol. The Morgan fingerprint density at radius 3 is 1.79 bits per heavy atom. The second-order valence-corrected chi connectivity index (χ2v) is 18.5. The fraction of sp³-hybridized carbons (Fsp3) is 0.468. The van der Waals surface area contributed by atoms with Gasteiger partial charge < -0.3 is 40.3 Å². The molecule has 1 atom stereocenters. The van der Waals surface area contributed by atoms with Gasteiger partial charge in [0.15, 0.2) is 0 Å². The number of anilines is 1. The first-order valence-corrected chi connectivity index (χ1v) is 22.1. The van der Waals surface area contributed by atoms with Crippen molar-refractivity contribution in [1.29, 1.82) is 0 Å². The lowest BCUT2D eigenvalue weighted by Gasteiger charge is -2.35. The Kier molecular flexibility index (Phi) is 17.3. The Labute approximate surface area is 391 Å².